The summed E-state index contributed by atoms with van der Waals surface area (Å²) in [5, 5.41) is 4.10. The van der Waals surface area contributed by atoms with Crippen molar-refractivity contribution in [2.24, 2.45) is 11.7 Å². The van der Waals surface area contributed by atoms with Crippen LogP contribution in [-0.2, 0) is 11.2 Å². The average molecular weight is 317 g/mol. The standard InChI is InChI=1S/C17H23N3OS/c18-13-6-2-1-5-12(13)11-16(21)19-10-9-17-20-14-7-3-4-8-15(14)22-17/h3-4,7-8,12-13H,1-2,5-6,9-11,18H2,(H,19,21). The van der Waals surface area contributed by atoms with Crippen LogP contribution in [-0.4, -0.2) is 23.5 Å². The number of rotatable bonds is 5. The molecule has 5 heteroatoms. The number of aromatic nitrogens is 1. The van der Waals surface area contributed by atoms with Gasteiger partial charge in [0, 0.05) is 25.4 Å². The van der Waals surface area contributed by atoms with E-state index in [0.717, 1.165) is 29.8 Å². The fraction of sp³-hybridized carbons (Fsp3) is 0.529. The molecule has 1 aliphatic carbocycles. The monoisotopic (exact) mass is 317 g/mol. The van der Waals surface area contributed by atoms with Crippen LogP contribution in [0.25, 0.3) is 10.2 Å². The minimum Gasteiger partial charge on any atom is -0.356 e. The second-order valence-electron chi connectivity index (χ2n) is 6.09. The van der Waals surface area contributed by atoms with Crippen LogP contribution in [0.1, 0.15) is 37.1 Å². The second kappa shape index (κ2) is 7.20. The SMILES string of the molecule is NC1CCCCC1CC(=O)NCCc1nc2ccccc2s1. The third-order valence-corrected chi connectivity index (χ3v) is 5.51. The zero-order valence-corrected chi connectivity index (χ0v) is 13.6. The molecule has 3 N–H and O–H groups in total. The molecular weight excluding hydrogens is 294 g/mol. The smallest absolute Gasteiger partial charge is 0.220 e. The Morgan fingerprint density at radius 1 is 1.32 bits per heavy atom. The van der Waals surface area contributed by atoms with Gasteiger partial charge >= 0.3 is 0 Å². The lowest BCUT2D eigenvalue weighted by molar-refractivity contribution is -0.122. The van der Waals surface area contributed by atoms with Gasteiger partial charge in [0.05, 0.1) is 15.2 Å². The maximum absolute atomic E-state index is 12.0. The van der Waals surface area contributed by atoms with E-state index in [4.69, 9.17) is 5.73 Å². The Bertz CT molecular complexity index is 607. The van der Waals surface area contributed by atoms with Gasteiger partial charge in [-0.1, -0.05) is 25.0 Å². The van der Waals surface area contributed by atoms with E-state index in [-0.39, 0.29) is 11.9 Å². The maximum Gasteiger partial charge on any atom is 0.220 e. The Balaban J connectivity index is 1.45. The number of hydrogen-bond acceptors (Lipinski definition) is 4. The van der Waals surface area contributed by atoms with Crippen LogP contribution in [0.5, 0.6) is 0 Å². The van der Waals surface area contributed by atoms with Crippen molar-refractivity contribution in [3.8, 4) is 0 Å². The second-order valence-corrected chi connectivity index (χ2v) is 7.20. The quantitative estimate of drug-likeness (QED) is 0.891. The molecule has 0 saturated heterocycles. The predicted molar refractivity (Wildman–Crippen MR) is 90.9 cm³/mol. The minimum absolute atomic E-state index is 0.128. The van der Waals surface area contributed by atoms with E-state index < -0.39 is 0 Å². The summed E-state index contributed by atoms with van der Waals surface area (Å²) in [6, 6.07) is 8.34. The molecule has 1 aromatic carbocycles. The van der Waals surface area contributed by atoms with Crippen LogP contribution in [0.2, 0.25) is 0 Å². The number of nitrogens with one attached hydrogen (secondary N) is 1. The van der Waals surface area contributed by atoms with E-state index in [1.165, 1.54) is 17.5 Å². The fourth-order valence-corrected chi connectivity index (χ4v) is 4.10. The Labute approximate surface area is 135 Å². The number of benzene rings is 1. The van der Waals surface area contributed by atoms with Gasteiger partial charge in [0.1, 0.15) is 0 Å². The van der Waals surface area contributed by atoms with E-state index in [2.05, 4.69) is 16.4 Å². The molecule has 4 nitrogen and oxygen atoms in total. The molecule has 1 saturated carbocycles. The average Bonchev–Trinajstić information content (AvgIpc) is 2.92. The van der Waals surface area contributed by atoms with Gasteiger partial charge in [0.15, 0.2) is 0 Å². The molecule has 0 radical (unpaired) electrons. The maximum atomic E-state index is 12.0. The van der Waals surface area contributed by atoms with Gasteiger partial charge in [0.25, 0.3) is 0 Å². The van der Waals surface area contributed by atoms with Crippen molar-refractivity contribution in [1.82, 2.24) is 10.3 Å². The van der Waals surface area contributed by atoms with Crippen LogP contribution in [0.15, 0.2) is 24.3 Å². The summed E-state index contributed by atoms with van der Waals surface area (Å²) in [6.45, 7) is 0.653. The zero-order valence-electron chi connectivity index (χ0n) is 12.8. The number of carbonyl (C=O) groups is 1. The topological polar surface area (TPSA) is 68.0 Å². The Morgan fingerprint density at radius 3 is 2.95 bits per heavy atom. The number of fused-ring (bicyclic) bond motifs is 1. The number of amides is 1. The van der Waals surface area contributed by atoms with Gasteiger partial charge in [-0.3, -0.25) is 4.79 Å². The lowest BCUT2D eigenvalue weighted by atomic mass is 9.83. The van der Waals surface area contributed by atoms with Crippen molar-refractivity contribution in [2.45, 2.75) is 44.6 Å². The molecule has 1 fully saturated rings. The highest BCUT2D eigenvalue weighted by atomic mass is 32.1. The largest absolute Gasteiger partial charge is 0.356 e. The van der Waals surface area contributed by atoms with Crippen molar-refractivity contribution < 1.29 is 4.79 Å². The van der Waals surface area contributed by atoms with Crippen molar-refractivity contribution in [3.63, 3.8) is 0 Å². The number of para-hydroxylation sites is 1. The van der Waals surface area contributed by atoms with Crippen molar-refractivity contribution in [2.75, 3.05) is 6.54 Å². The first-order chi connectivity index (χ1) is 10.7. The molecule has 118 valence electrons. The van der Waals surface area contributed by atoms with Gasteiger partial charge in [-0.2, -0.15) is 0 Å². The van der Waals surface area contributed by atoms with Crippen LogP contribution in [0.3, 0.4) is 0 Å². The van der Waals surface area contributed by atoms with E-state index in [1.54, 1.807) is 11.3 Å². The highest BCUT2D eigenvalue weighted by Gasteiger charge is 2.23. The lowest BCUT2D eigenvalue weighted by Gasteiger charge is -2.27. The number of nitrogens with zero attached hydrogens (tertiary/aromatic N) is 1. The lowest BCUT2D eigenvalue weighted by Crippen LogP contribution is -2.37. The number of hydrogen-bond donors (Lipinski definition) is 2. The first-order valence-corrected chi connectivity index (χ1v) is 8.91. The Morgan fingerprint density at radius 2 is 2.14 bits per heavy atom. The molecule has 0 aliphatic heterocycles. The summed E-state index contributed by atoms with van der Waals surface area (Å²) in [5.74, 6) is 0.486. The zero-order chi connectivity index (χ0) is 15.4. The number of nitrogens with two attached hydrogens (primary N) is 1. The molecule has 1 aliphatic rings. The number of thiazole rings is 1. The van der Waals surface area contributed by atoms with Crippen molar-refractivity contribution >= 4 is 27.5 Å². The first kappa shape index (κ1) is 15.4. The number of carbonyl (C=O) groups excluding carboxylic acids is 1. The first-order valence-electron chi connectivity index (χ1n) is 8.09. The Kier molecular flexibility index (Phi) is 5.05. The van der Waals surface area contributed by atoms with Gasteiger partial charge in [-0.15, -0.1) is 11.3 Å². The third kappa shape index (κ3) is 3.84. The van der Waals surface area contributed by atoms with Crippen LogP contribution >= 0.6 is 11.3 Å². The molecule has 0 spiro atoms. The summed E-state index contributed by atoms with van der Waals surface area (Å²) in [6.07, 6.45) is 5.92. The normalized spacial score (nSPS) is 21.9. The fourth-order valence-electron chi connectivity index (χ4n) is 3.14. The van der Waals surface area contributed by atoms with Gasteiger partial charge in [-0.05, 0) is 30.9 Å². The van der Waals surface area contributed by atoms with E-state index in [9.17, 15) is 4.79 Å². The van der Waals surface area contributed by atoms with Crippen LogP contribution in [0.4, 0.5) is 0 Å². The molecule has 2 atom stereocenters. The molecule has 1 amide bonds. The summed E-state index contributed by atoms with van der Waals surface area (Å²) in [7, 11) is 0. The summed E-state index contributed by atoms with van der Waals surface area (Å²) in [5.41, 5.74) is 7.15. The van der Waals surface area contributed by atoms with Crippen molar-refractivity contribution in [1.29, 1.82) is 0 Å². The van der Waals surface area contributed by atoms with E-state index in [1.807, 2.05) is 18.2 Å². The molecule has 2 aromatic rings. The molecule has 0 bridgehead atoms. The molecule has 3 rings (SSSR count). The van der Waals surface area contributed by atoms with Crippen LogP contribution < -0.4 is 11.1 Å². The van der Waals surface area contributed by atoms with Gasteiger partial charge in [0.2, 0.25) is 5.91 Å². The predicted octanol–water partition coefficient (Wildman–Crippen LogP) is 2.86. The third-order valence-electron chi connectivity index (χ3n) is 4.41. The molecule has 1 aromatic heterocycles. The highest BCUT2D eigenvalue weighted by Crippen LogP contribution is 2.25. The van der Waals surface area contributed by atoms with Crippen molar-refractivity contribution in [3.05, 3.63) is 29.3 Å². The summed E-state index contributed by atoms with van der Waals surface area (Å²) >= 11 is 1.70. The molecule has 22 heavy (non-hydrogen) atoms. The summed E-state index contributed by atoms with van der Waals surface area (Å²) in [4.78, 5) is 16.6. The van der Waals surface area contributed by atoms with E-state index in [0.29, 0.717) is 18.9 Å². The van der Waals surface area contributed by atoms with E-state index >= 15 is 0 Å². The van der Waals surface area contributed by atoms with Gasteiger partial charge in [-0.25, -0.2) is 4.98 Å². The van der Waals surface area contributed by atoms with Crippen LogP contribution in [0, 0.1) is 5.92 Å². The molecule has 1 heterocycles. The summed E-state index contributed by atoms with van der Waals surface area (Å²) < 4.78 is 1.21. The molecule has 2 unspecified atom stereocenters. The highest BCUT2D eigenvalue weighted by molar-refractivity contribution is 7.18. The molecular formula is C17H23N3OS. The minimum atomic E-state index is 0.128. The van der Waals surface area contributed by atoms with Gasteiger partial charge < -0.3 is 11.1 Å². The Hall–Kier alpha value is -1.46.